The van der Waals surface area contributed by atoms with E-state index >= 15 is 0 Å². The van der Waals surface area contributed by atoms with Crippen LogP contribution < -0.4 is 5.69 Å². The highest BCUT2D eigenvalue weighted by molar-refractivity contribution is 6.63. The predicted octanol–water partition coefficient (Wildman–Crippen LogP) is 2.03. The number of imidazole rings is 1. The summed E-state index contributed by atoms with van der Waals surface area (Å²) in [5.74, 6) is 0. The molecule has 4 nitrogen and oxygen atoms in total. The van der Waals surface area contributed by atoms with Crippen molar-refractivity contribution >= 4 is 28.0 Å². The molecule has 0 aliphatic carbocycles. The average molecular weight is 225 g/mol. The average Bonchev–Trinajstić information content (AvgIpc) is 2.49. The van der Waals surface area contributed by atoms with Gasteiger partial charge in [0.1, 0.15) is 0 Å². The maximum atomic E-state index is 11.8. The Kier molecular flexibility index (Phi) is 2.36. The summed E-state index contributed by atoms with van der Waals surface area (Å²) in [7, 11) is 0. The highest BCUT2D eigenvalue weighted by Gasteiger charge is 2.14. The van der Waals surface area contributed by atoms with E-state index in [-0.39, 0.29) is 0 Å². The molecule has 0 unspecified atom stereocenters. The molecule has 0 saturated heterocycles. The number of fused-ring (bicyclic) bond motifs is 1. The van der Waals surface area contributed by atoms with Crippen molar-refractivity contribution in [3.8, 4) is 0 Å². The second-order valence-corrected chi connectivity index (χ2v) is 3.43. The van der Waals surface area contributed by atoms with Crippen molar-refractivity contribution in [1.82, 2.24) is 9.13 Å². The van der Waals surface area contributed by atoms with Crippen molar-refractivity contribution in [2.24, 2.45) is 0 Å². The van der Waals surface area contributed by atoms with Gasteiger partial charge in [-0.25, -0.2) is 9.36 Å². The third kappa shape index (κ3) is 1.37. The molecule has 0 saturated carbocycles. The van der Waals surface area contributed by atoms with Gasteiger partial charge in [0, 0.05) is 6.54 Å². The van der Waals surface area contributed by atoms with Crippen molar-refractivity contribution in [2.45, 2.75) is 13.5 Å². The van der Waals surface area contributed by atoms with Crippen LogP contribution in [0, 0.1) is 0 Å². The summed E-state index contributed by atoms with van der Waals surface area (Å²) in [5, 5.41) is -0.775. The molecule has 1 aromatic heterocycles. The van der Waals surface area contributed by atoms with Gasteiger partial charge in [0.2, 0.25) is 0 Å². The summed E-state index contributed by atoms with van der Waals surface area (Å²) in [4.78, 5) is 22.9. The Morgan fingerprint density at radius 1 is 1.33 bits per heavy atom. The molecular weight excluding hydrogens is 216 g/mol. The third-order valence-electron chi connectivity index (χ3n) is 2.33. The van der Waals surface area contributed by atoms with E-state index < -0.39 is 11.1 Å². The van der Waals surface area contributed by atoms with Crippen LogP contribution in [-0.2, 0) is 6.54 Å². The molecule has 0 fully saturated rings. The molecular formula is C10H9ClN2O2. The van der Waals surface area contributed by atoms with E-state index in [1.807, 2.05) is 13.0 Å². The minimum Gasteiger partial charge on any atom is -0.292 e. The summed E-state index contributed by atoms with van der Waals surface area (Å²) >= 11 is 5.37. The minimum absolute atomic E-state index is 0.390. The molecule has 5 heteroatoms. The van der Waals surface area contributed by atoms with Gasteiger partial charge in [0.25, 0.3) is 0 Å². The molecule has 2 rings (SSSR count). The van der Waals surface area contributed by atoms with E-state index in [4.69, 9.17) is 11.6 Å². The van der Waals surface area contributed by atoms with Crippen LogP contribution in [0.3, 0.4) is 0 Å². The van der Waals surface area contributed by atoms with Gasteiger partial charge in [-0.15, -0.1) is 0 Å². The Morgan fingerprint density at radius 2 is 1.93 bits per heavy atom. The minimum atomic E-state index is -0.775. The van der Waals surface area contributed by atoms with Crippen LogP contribution in [0.15, 0.2) is 29.1 Å². The monoisotopic (exact) mass is 224 g/mol. The van der Waals surface area contributed by atoms with Crippen LogP contribution >= 0.6 is 11.6 Å². The Balaban J connectivity index is 2.98. The number of para-hydroxylation sites is 2. The predicted molar refractivity (Wildman–Crippen MR) is 58.5 cm³/mol. The van der Waals surface area contributed by atoms with Crippen LogP contribution in [0.2, 0.25) is 0 Å². The molecule has 78 valence electrons. The summed E-state index contributed by atoms with van der Waals surface area (Å²) in [6.07, 6.45) is 0. The van der Waals surface area contributed by atoms with E-state index in [1.165, 1.54) is 4.57 Å². The number of hydrogen-bond acceptors (Lipinski definition) is 2. The number of carbonyl (C=O) groups is 1. The smallest absolute Gasteiger partial charge is 0.292 e. The second kappa shape index (κ2) is 3.55. The Hall–Kier alpha value is -1.55. The number of rotatable bonds is 1. The normalized spacial score (nSPS) is 10.8. The zero-order valence-corrected chi connectivity index (χ0v) is 8.86. The molecule has 0 radical (unpaired) electrons. The number of halogens is 1. The van der Waals surface area contributed by atoms with E-state index in [0.717, 1.165) is 10.1 Å². The maximum Gasteiger partial charge on any atom is 0.336 e. The molecule has 0 atom stereocenters. The summed E-state index contributed by atoms with van der Waals surface area (Å²) < 4.78 is 2.48. The van der Waals surface area contributed by atoms with Crippen molar-refractivity contribution in [3.05, 3.63) is 34.7 Å². The first-order chi connectivity index (χ1) is 7.16. The zero-order chi connectivity index (χ0) is 11.0. The number of aryl methyl sites for hydroxylation is 1. The summed E-state index contributed by atoms with van der Waals surface area (Å²) in [6.45, 7) is 2.35. The number of hydrogen-bond donors (Lipinski definition) is 0. The number of carbonyl (C=O) groups excluding carboxylic acids is 1. The molecule has 0 aliphatic rings. The van der Waals surface area contributed by atoms with Gasteiger partial charge in [-0.2, -0.15) is 0 Å². The topological polar surface area (TPSA) is 44.0 Å². The Morgan fingerprint density at radius 3 is 2.47 bits per heavy atom. The largest absolute Gasteiger partial charge is 0.336 e. The zero-order valence-electron chi connectivity index (χ0n) is 8.11. The third-order valence-corrected chi connectivity index (χ3v) is 2.50. The molecule has 0 amide bonds. The first kappa shape index (κ1) is 9.98. The van der Waals surface area contributed by atoms with Gasteiger partial charge < -0.3 is 0 Å². The van der Waals surface area contributed by atoms with Crippen molar-refractivity contribution in [1.29, 1.82) is 0 Å². The lowest BCUT2D eigenvalue weighted by atomic mass is 10.3. The Labute approximate surface area is 90.7 Å². The van der Waals surface area contributed by atoms with Crippen molar-refractivity contribution < 1.29 is 4.79 Å². The van der Waals surface area contributed by atoms with Crippen LogP contribution in [0.4, 0.5) is 4.79 Å². The van der Waals surface area contributed by atoms with Crippen LogP contribution in [0.1, 0.15) is 6.92 Å². The molecule has 0 bridgehead atoms. The summed E-state index contributed by atoms with van der Waals surface area (Å²) in [5.41, 5.74) is 0.877. The molecule has 0 aliphatic heterocycles. The van der Waals surface area contributed by atoms with Crippen LogP contribution in [0.25, 0.3) is 11.0 Å². The highest BCUT2D eigenvalue weighted by Crippen LogP contribution is 2.13. The maximum absolute atomic E-state index is 11.8. The summed E-state index contributed by atoms with van der Waals surface area (Å²) in [6, 6.07) is 7.06. The lowest BCUT2D eigenvalue weighted by molar-refractivity contribution is 0.261. The first-order valence-electron chi connectivity index (χ1n) is 4.57. The van der Waals surface area contributed by atoms with E-state index in [1.54, 1.807) is 18.2 Å². The lowest BCUT2D eigenvalue weighted by Gasteiger charge is -1.94. The fourth-order valence-corrected chi connectivity index (χ4v) is 1.85. The van der Waals surface area contributed by atoms with Gasteiger partial charge in [-0.1, -0.05) is 12.1 Å². The SMILES string of the molecule is CCn1c(=O)n(C(=O)Cl)c2ccccc21. The van der Waals surface area contributed by atoms with Crippen molar-refractivity contribution in [2.75, 3.05) is 0 Å². The molecule has 15 heavy (non-hydrogen) atoms. The quantitative estimate of drug-likeness (QED) is 0.696. The second-order valence-electron chi connectivity index (χ2n) is 3.10. The van der Waals surface area contributed by atoms with Gasteiger partial charge in [-0.3, -0.25) is 9.36 Å². The number of nitrogens with zero attached hydrogens (tertiary/aromatic N) is 2. The van der Waals surface area contributed by atoms with Crippen LogP contribution in [0.5, 0.6) is 0 Å². The van der Waals surface area contributed by atoms with Gasteiger partial charge in [-0.05, 0) is 30.7 Å². The lowest BCUT2D eigenvalue weighted by Crippen LogP contribution is -2.25. The van der Waals surface area contributed by atoms with Gasteiger partial charge >= 0.3 is 11.1 Å². The van der Waals surface area contributed by atoms with E-state index in [9.17, 15) is 9.59 Å². The first-order valence-corrected chi connectivity index (χ1v) is 4.94. The number of aromatic nitrogens is 2. The van der Waals surface area contributed by atoms with Gasteiger partial charge in [0.05, 0.1) is 11.0 Å². The fourth-order valence-electron chi connectivity index (χ4n) is 1.68. The molecule has 0 spiro atoms. The fraction of sp³-hybridized carbons (Fsp3) is 0.200. The molecule has 1 aromatic carbocycles. The Bertz CT molecular complexity index is 583. The van der Waals surface area contributed by atoms with E-state index in [2.05, 4.69) is 0 Å². The van der Waals surface area contributed by atoms with Crippen LogP contribution in [-0.4, -0.2) is 14.5 Å². The van der Waals surface area contributed by atoms with Crippen molar-refractivity contribution in [3.63, 3.8) is 0 Å². The molecule has 2 aromatic rings. The van der Waals surface area contributed by atoms with Gasteiger partial charge in [0.15, 0.2) is 0 Å². The standard InChI is InChI=1S/C10H9ClN2O2/c1-2-12-7-5-3-4-6-8(7)13(9(11)14)10(12)15/h3-6H,2H2,1H3. The molecule has 1 heterocycles. The van der Waals surface area contributed by atoms with E-state index in [0.29, 0.717) is 12.1 Å². The molecule has 0 N–H and O–H groups in total. The highest BCUT2D eigenvalue weighted by atomic mass is 35.5. The number of benzene rings is 1.